The fraction of sp³-hybridized carbons (Fsp3) is 0.600. The fourth-order valence-corrected chi connectivity index (χ4v) is 3.11. The number of ether oxygens (including phenoxy) is 1. The summed E-state index contributed by atoms with van der Waals surface area (Å²) in [5.74, 6) is 1.14. The molecule has 1 aromatic carbocycles. The van der Waals surface area contributed by atoms with Crippen molar-refractivity contribution in [2.24, 2.45) is 0 Å². The van der Waals surface area contributed by atoms with Crippen molar-refractivity contribution in [1.29, 1.82) is 0 Å². The van der Waals surface area contributed by atoms with E-state index in [4.69, 9.17) is 4.74 Å². The molecule has 0 bridgehead atoms. The van der Waals surface area contributed by atoms with Crippen LogP contribution in [0.5, 0.6) is 5.75 Å². The Bertz CT molecular complexity index is 413. The van der Waals surface area contributed by atoms with E-state index in [1.807, 2.05) is 0 Å². The standard InChI is InChI=1S/C15H22N2O/c1-12-4-2-5-13-14(6-3-11-18-15(12)13)17-9-7-16-8-10-17/h2,4-5,14,16H,3,6-11H2,1H3. The summed E-state index contributed by atoms with van der Waals surface area (Å²) in [5.41, 5.74) is 2.67. The Morgan fingerprint density at radius 3 is 2.94 bits per heavy atom. The van der Waals surface area contributed by atoms with Crippen LogP contribution < -0.4 is 10.1 Å². The number of hydrogen-bond acceptors (Lipinski definition) is 3. The average molecular weight is 246 g/mol. The zero-order valence-corrected chi connectivity index (χ0v) is 11.1. The van der Waals surface area contributed by atoms with Crippen molar-refractivity contribution in [1.82, 2.24) is 10.2 Å². The van der Waals surface area contributed by atoms with Gasteiger partial charge in [0.2, 0.25) is 0 Å². The first-order valence-electron chi connectivity index (χ1n) is 7.03. The van der Waals surface area contributed by atoms with E-state index in [0.717, 1.165) is 45.0 Å². The Labute approximate surface area is 109 Å². The van der Waals surface area contributed by atoms with Crippen molar-refractivity contribution in [2.75, 3.05) is 32.8 Å². The van der Waals surface area contributed by atoms with E-state index < -0.39 is 0 Å². The van der Waals surface area contributed by atoms with Crippen LogP contribution in [-0.4, -0.2) is 37.7 Å². The molecule has 0 radical (unpaired) electrons. The molecule has 0 aliphatic carbocycles. The predicted molar refractivity (Wildman–Crippen MR) is 73.1 cm³/mol. The minimum Gasteiger partial charge on any atom is -0.493 e. The second-order valence-corrected chi connectivity index (χ2v) is 5.29. The molecule has 3 heteroatoms. The molecule has 98 valence electrons. The van der Waals surface area contributed by atoms with Gasteiger partial charge in [0.05, 0.1) is 6.61 Å². The number of nitrogens with zero attached hydrogens (tertiary/aromatic N) is 1. The highest BCUT2D eigenvalue weighted by atomic mass is 16.5. The molecule has 1 N–H and O–H groups in total. The van der Waals surface area contributed by atoms with Crippen LogP contribution in [0.15, 0.2) is 18.2 Å². The molecule has 0 amide bonds. The number of benzene rings is 1. The maximum absolute atomic E-state index is 5.96. The van der Waals surface area contributed by atoms with Crippen molar-refractivity contribution in [3.05, 3.63) is 29.3 Å². The number of rotatable bonds is 1. The van der Waals surface area contributed by atoms with Crippen LogP contribution in [0.2, 0.25) is 0 Å². The average Bonchev–Trinajstić information content (AvgIpc) is 2.63. The van der Waals surface area contributed by atoms with E-state index in [-0.39, 0.29) is 0 Å². The fourth-order valence-electron chi connectivity index (χ4n) is 3.11. The van der Waals surface area contributed by atoms with Crippen LogP contribution in [0, 0.1) is 6.92 Å². The van der Waals surface area contributed by atoms with Gasteiger partial charge in [-0.1, -0.05) is 18.2 Å². The summed E-state index contributed by atoms with van der Waals surface area (Å²) >= 11 is 0. The first kappa shape index (κ1) is 12.0. The molecule has 1 fully saturated rings. The van der Waals surface area contributed by atoms with Gasteiger partial charge in [-0.2, -0.15) is 0 Å². The summed E-state index contributed by atoms with van der Waals surface area (Å²) in [5, 5.41) is 3.43. The molecule has 2 aliphatic heterocycles. The second-order valence-electron chi connectivity index (χ2n) is 5.29. The van der Waals surface area contributed by atoms with Gasteiger partial charge in [-0.15, -0.1) is 0 Å². The van der Waals surface area contributed by atoms with E-state index in [0.29, 0.717) is 6.04 Å². The van der Waals surface area contributed by atoms with Crippen LogP contribution in [0.25, 0.3) is 0 Å². The molecule has 1 atom stereocenters. The van der Waals surface area contributed by atoms with Crippen molar-refractivity contribution >= 4 is 0 Å². The van der Waals surface area contributed by atoms with E-state index in [2.05, 4.69) is 35.3 Å². The van der Waals surface area contributed by atoms with Gasteiger partial charge in [0, 0.05) is 37.8 Å². The Morgan fingerprint density at radius 1 is 1.28 bits per heavy atom. The van der Waals surface area contributed by atoms with E-state index >= 15 is 0 Å². The lowest BCUT2D eigenvalue weighted by Crippen LogP contribution is -2.45. The Morgan fingerprint density at radius 2 is 2.11 bits per heavy atom. The summed E-state index contributed by atoms with van der Waals surface area (Å²) in [7, 11) is 0. The molecule has 3 rings (SSSR count). The highest BCUT2D eigenvalue weighted by Crippen LogP contribution is 2.37. The normalized spacial score (nSPS) is 25.1. The molecular formula is C15H22N2O. The molecule has 3 nitrogen and oxygen atoms in total. The molecule has 0 saturated carbocycles. The lowest BCUT2D eigenvalue weighted by molar-refractivity contribution is 0.165. The maximum Gasteiger partial charge on any atom is 0.126 e. The van der Waals surface area contributed by atoms with Gasteiger partial charge in [-0.25, -0.2) is 0 Å². The second kappa shape index (κ2) is 5.29. The van der Waals surface area contributed by atoms with Crippen LogP contribution in [0.3, 0.4) is 0 Å². The molecule has 1 saturated heterocycles. The number of nitrogens with one attached hydrogen (secondary N) is 1. The molecular weight excluding hydrogens is 224 g/mol. The summed E-state index contributed by atoms with van der Waals surface area (Å²) in [4.78, 5) is 2.61. The van der Waals surface area contributed by atoms with E-state index in [9.17, 15) is 0 Å². The van der Waals surface area contributed by atoms with Crippen LogP contribution in [0.4, 0.5) is 0 Å². The van der Waals surface area contributed by atoms with Gasteiger partial charge in [-0.3, -0.25) is 4.90 Å². The lowest BCUT2D eigenvalue weighted by atomic mass is 9.98. The Balaban J connectivity index is 1.93. The van der Waals surface area contributed by atoms with Gasteiger partial charge in [0.25, 0.3) is 0 Å². The van der Waals surface area contributed by atoms with Crippen LogP contribution >= 0.6 is 0 Å². The minimum absolute atomic E-state index is 0.546. The third kappa shape index (κ3) is 2.25. The summed E-state index contributed by atoms with van der Waals surface area (Å²) in [6.07, 6.45) is 2.37. The van der Waals surface area contributed by atoms with Crippen molar-refractivity contribution in [3.8, 4) is 5.75 Å². The quantitative estimate of drug-likeness (QED) is 0.821. The number of piperazine rings is 1. The Kier molecular flexibility index (Phi) is 3.52. The number of aryl methyl sites for hydroxylation is 1. The highest BCUT2D eigenvalue weighted by Gasteiger charge is 2.27. The van der Waals surface area contributed by atoms with E-state index in [1.165, 1.54) is 17.5 Å². The molecule has 2 aliphatic rings. The maximum atomic E-state index is 5.96. The van der Waals surface area contributed by atoms with Crippen molar-refractivity contribution in [2.45, 2.75) is 25.8 Å². The van der Waals surface area contributed by atoms with Crippen LogP contribution in [0.1, 0.15) is 30.0 Å². The molecule has 0 aromatic heterocycles. The van der Waals surface area contributed by atoms with Gasteiger partial charge in [-0.05, 0) is 25.3 Å². The summed E-state index contributed by atoms with van der Waals surface area (Å²) in [6.45, 7) is 7.53. The molecule has 1 aromatic rings. The molecule has 2 heterocycles. The number of para-hydroxylation sites is 1. The third-order valence-electron chi connectivity index (χ3n) is 4.06. The lowest BCUT2D eigenvalue weighted by Gasteiger charge is -2.35. The molecule has 1 unspecified atom stereocenters. The first-order valence-corrected chi connectivity index (χ1v) is 7.03. The molecule has 18 heavy (non-hydrogen) atoms. The third-order valence-corrected chi connectivity index (χ3v) is 4.06. The SMILES string of the molecule is Cc1cccc2c1OCCCC2N1CCNCC1. The predicted octanol–water partition coefficient (Wildman–Crippen LogP) is 2.11. The largest absolute Gasteiger partial charge is 0.493 e. The van der Waals surface area contributed by atoms with Crippen molar-refractivity contribution < 1.29 is 4.74 Å². The van der Waals surface area contributed by atoms with Crippen LogP contribution in [-0.2, 0) is 0 Å². The first-order chi connectivity index (χ1) is 8.86. The topological polar surface area (TPSA) is 24.5 Å². The Hall–Kier alpha value is -1.06. The number of fused-ring (bicyclic) bond motifs is 1. The zero-order valence-electron chi connectivity index (χ0n) is 11.1. The van der Waals surface area contributed by atoms with Crippen molar-refractivity contribution in [3.63, 3.8) is 0 Å². The van der Waals surface area contributed by atoms with Gasteiger partial charge >= 0.3 is 0 Å². The minimum atomic E-state index is 0.546. The van der Waals surface area contributed by atoms with Gasteiger partial charge < -0.3 is 10.1 Å². The summed E-state index contributed by atoms with van der Waals surface area (Å²) in [6, 6.07) is 7.11. The van der Waals surface area contributed by atoms with Gasteiger partial charge in [0.15, 0.2) is 0 Å². The highest BCUT2D eigenvalue weighted by molar-refractivity contribution is 5.43. The smallest absolute Gasteiger partial charge is 0.126 e. The zero-order chi connectivity index (χ0) is 12.4. The monoisotopic (exact) mass is 246 g/mol. The number of hydrogen-bond donors (Lipinski definition) is 1. The van der Waals surface area contributed by atoms with E-state index in [1.54, 1.807) is 0 Å². The molecule has 0 spiro atoms. The van der Waals surface area contributed by atoms with Gasteiger partial charge in [0.1, 0.15) is 5.75 Å². The summed E-state index contributed by atoms with van der Waals surface area (Å²) < 4.78 is 5.96.